The molecule has 0 radical (unpaired) electrons. The molecule has 2 amide bonds. The molecule has 0 heterocycles. The number of hydrogen-bond donors (Lipinski definition) is 1. The van der Waals surface area contributed by atoms with Gasteiger partial charge in [-0.2, -0.15) is 0 Å². The third-order valence-electron chi connectivity index (χ3n) is 4.55. The van der Waals surface area contributed by atoms with Crippen molar-refractivity contribution in [2.75, 3.05) is 5.75 Å². The maximum Gasteiger partial charge on any atom is 0.242 e. The molecule has 0 aliphatic heterocycles. The van der Waals surface area contributed by atoms with E-state index in [1.165, 1.54) is 12.1 Å². The van der Waals surface area contributed by atoms with E-state index in [9.17, 15) is 14.0 Å². The molecule has 0 saturated carbocycles. The zero-order valence-corrected chi connectivity index (χ0v) is 20.0. The summed E-state index contributed by atoms with van der Waals surface area (Å²) < 4.78 is 13.3. The Morgan fingerprint density at radius 2 is 1.71 bits per heavy atom. The van der Waals surface area contributed by atoms with Crippen molar-refractivity contribution in [3.8, 4) is 0 Å². The maximum atomic E-state index is 13.3. The number of carbonyl (C=O) groups excluding carboxylic acids is 2. The molecule has 168 valence electrons. The predicted octanol–water partition coefficient (Wildman–Crippen LogP) is 5.68. The van der Waals surface area contributed by atoms with Gasteiger partial charge >= 0.3 is 0 Å². The molecule has 0 bridgehead atoms. The number of amides is 2. The van der Waals surface area contributed by atoms with Crippen LogP contribution in [0.25, 0.3) is 0 Å². The zero-order chi connectivity index (χ0) is 23.0. The quantitative estimate of drug-likeness (QED) is 0.383. The minimum Gasteiger partial charge on any atom is -0.350 e. The van der Waals surface area contributed by atoms with Gasteiger partial charge in [0.1, 0.15) is 11.9 Å². The largest absolute Gasteiger partial charge is 0.350 e. The number of hydrogen-bond acceptors (Lipinski definition) is 3. The van der Waals surface area contributed by atoms with Gasteiger partial charge in [-0.25, -0.2) is 4.39 Å². The summed E-state index contributed by atoms with van der Waals surface area (Å²) in [5, 5.41) is 3.63. The minimum atomic E-state index is -0.638. The normalized spacial score (nSPS) is 12.3. The van der Waals surface area contributed by atoms with E-state index in [-0.39, 0.29) is 24.2 Å². The van der Waals surface area contributed by atoms with Crippen LogP contribution < -0.4 is 5.32 Å². The van der Waals surface area contributed by atoms with Gasteiger partial charge in [0.05, 0.1) is 0 Å². The van der Waals surface area contributed by atoms with Crippen LogP contribution in [-0.4, -0.2) is 34.0 Å². The Morgan fingerprint density at radius 1 is 1.10 bits per heavy atom. The average molecular weight is 465 g/mol. The van der Waals surface area contributed by atoms with Crippen LogP contribution >= 0.6 is 23.4 Å². The molecular formula is C24H30ClFN2O2S. The number of benzene rings is 2. The highest BCUT2D eigenvalue weighted by Gasteiger charge is 2.28. The van der Waals surface area contributed by atoms with Crippen LogP contribution in [0.1, 0.15) is 46.1 Å². The predicted molar refractivity (Wildman–Crippen MR) is 126 cm³/mol. The molecule has 1 atom stereocenters. The van der Waals surface area contributed by atoms with Crippen LogP contribution in [-0.2, 0) is 16.1 Å². The van der Waals surface area contributed by atoms with Gasteiger partial charge in [-0.3, -0.25) is 9.59 Å². The molecule has 31 heavy (non-hydrogen) atoms. The summed E-state index contributed by atoms with van der Waals surface area (Å²) in [7, 11) is 0. The van der Waals surface area contributed by atoms with Gasteiger partial charge in [0.25, 0.3) is 0 Å². The standard InChI is InChI=1S/C24H30ClFN2O2S/c1-17(23(30)27-24(2,3)4)28(16-18-7-11-20(26)12-8-18)22(29)6-5-15-31-21-13-9-19(25)10-14-21/h7-14,17H,5-6,15-16H2,1-4H3,(H,27,30)/t17-/m0/s1. The van der Waals surface area contributed by atoms with Gasteiger partial charge in [-0.1, -0.05) is 23.7 Å². The van der Waals surface area contributed by atoms with Crippen molar-refractivity contribution in [3.63, 3.8) is 0 Å². The second-order valence-electron chi connectivity index (χ2n) is 8.47. The lowest BCUT2D eigenvalue weighted by molar-refractivity contribution is -0.141. The lowest BCUT2D eigenvalue weighted by Crippen LogP contribution is -2.52. The minimum absolute atomic E-state index is 0.0995. The first-order chi connectivity index (χ1) is 14.5. The summed E-state index contributed by atoms with van der Waals surface area (Å²) in [4.78, 5) is 28.4. The maximum absolute atomic E-state index is 13.3. The Morgan fingerprint density at radius 3 is 2.29 bits per heavy atom. The van der Waals surface area contributed by atoms with Crippen LogP contribution in [0.4, 0.5) is 4.39 Å². The van der Waals surface area contributed by atoms with Crippen molar-refractivity contribution < 1.29 is 14.0 Å². The highest BCUT2D eigenvalue weighted by molar-refractivity contribution is 7.99. The number of nitrogens with one attached hydrogen (secondary N) is 1. The molecule has 0 saturated heterocycles. The van der Waals surface area contributed by atoms with Crippen LogP contribution in [0.5, 0.6) is 0 Å². The first-order valence-corrected chi connectivity index (χ1v) is 11.7. The lowest BCUT2D eigenvalue weighted by Gasteiger charge is -2.31. The fraction of sp³-hybridized carbons (Fsp3) is 0.417. The van der Waals surface area contributed by atoms with E-state index in [4.69, 9.17) is 11.6 Å². The van der Waals surface area contributed by atoms with Gasteiger partial charge in [-0.15, -0.1) is 11.8 Å². The summed E-state index contributed by atoms with van der Waals surface area (Å²) in [5.41, 5.74) is 0.381. The van der Waals surface area contributed by atoms with Crippen molar-refractivity contribution in [1.82, 2.24) is 10.2 Å². The number of halogens is 2. The van der Waals surface area contributed by atoms with E-state index in [1.807, 2.05) is 45.0 Å². The number of rotatable bonds is 9. The Kier molecular flexibility index (Phi) is 9.38. The van der Waals surface area contributed by atoms with Crippen molar-refractivity contribution in [2.24, 2.45) is 0 Å². The molecule has 2 aromatic carbocycles. The fourth-order valence-electron chi connectivity index (χ4n) is 2.93. The van der Waals surface area contributed by atoms with Crippen molar-refractivity contribution in [2.45, 2.75) is 63.6 Å². The van der Waals surface area contributed by atoms with Crippen molar-refractivity contribution >= 4 is 35.2 Å². The molecular weight excluding hydrogens is 435 g/mol. The van der Waals surface area contributed by atoms with Gasteiger partial charge in [0.15, 0.2) is 0 Å². The topological polar surface area (TPSA) is 49.4 Å². The van der Waals surface area contributed by atoms with Gasteiger partial charge < -0.3 is 10.2 Å². The van der Waals surface area contributed by atoms with E-state index in [0.717, 1.165) is 16.2 Å². The summed E-state index contributed by atoms with van der Waals surface area (Å²) in [6, 6.07) is 13.0. The monoisotopic (exact) mass is 464 g/mol. The van der Waals surface area contributed by atoms with E-state index < -0.39 is 11.6 Å². The Bertz CT molecular complexity index is 867. The molecule has 0 spiro atoms. The smallest absolute Gasteiger partial charge is 0.242 e. The molecule has 0 unspecified atom stereocenters. The Hall–Kier alpha value is -2.05. The first-order valence-electron chi connectivity index (χ1n) is 10.3. The summed E-state index contributed by atoms with van der Waals surface area (Å²) in [6.45, 7) is 7.68. The summed E-state index contributed by atoms with van der Waals surface area (Å²) >= 11 is 7.57. The molecule has 7 heteroatoms. The third-order valence-corrected chi connectivity index (χ3v) is 5.90. The molecule has 0 aromatic heterocycles. The summed E-state index contributed by atoms with van der Waals surface area (Å²) in [6.07, 6.45) is 1.01. The van der Waals surface area contributed by atoms with Crippen molar-refractivity contribution in [3.05, 3.63) is 64.9 Å². The van der Waals surface area contributed by atoms with E-state index in [2.05, 4.69) is 5.32 Å². The van der Waals surface area contributed by atoms with Crippen LogP contribution in [0, 0.1) is 5.82 Å². The number of nitrogens with zero attached hydrogens (tertiary/aromatic N) is 1. The van der Waals surface area contributed by atoms with Gasteiger partial charge in [0.2, 0.25) is 11.8 Å². The van der Waals surface area contributed by atoms with Gasteiger partial charge in [0, 0.05) is 28.4 Å². The van der Waals surface area contributed by atoms with E-state index >= 15 is 0 Å². The Balaban J connectivity index is 2.01. The zero-order valence-electron chi connectivity index (χ0n) is 18.5. The van der Waals surface area contributed by atoms with Crippen LogP contribution in [0.15, 0.2) is 53.4 Å². The second kappa shape index (κ2) is 11.5. The van der Waals surface area contributed by atoms with Gasteiger partial charge in [-0.05, 0) is 81.8 Å². The highest BCUT2D eigenvalue weighted by atomic mass is 35.5. The SMILES string of the molecule is C[C@@H](C(=O)NC(C)(C)C)N(Cc1ccc(F)cc1)C(=O)CCCSc1ccc(Cl)cc1. The van der Waals surface area contributed by atoms with Crippen LogP contribution in [0.2, 0.25) is 5.02 Å². The molecule has 1 N–H and O–H groups in total. The fourth-order valence-corrected chi connectivity index (χ4v) is 3.91. The molecule has 0 aliphatic carbocycles. The lowest BCUT2D eigenvalue weighted by atomic mass is 10.1. The molecule has 2 aromatic rings. The highest BCUT2D eigenvalue weighted by Crippen LogP contribution is 2.22. The number of carbonyl (C=O) groups is 2. The van der Waals surface area contributed by atoms with E-state index in [0.29, 0.717) is 17.9 Å². The second-order valence-corrected chi connectivity index (χ2v) is 10.1. The molecule has 0 fully saturated rings. The average Bonchev–Trinajstić information content (AvgIpc) is 2.70. The van der Waals surface area contributed by atoms with Crippen molar-refractivity contribution in [1.29, 1.82) is 0 Å². The molecule has 2 rings (SSSR count). The number of thioether (sulfide) groups is 1. The first kappa shape index (κ1) is 25.2. The summed E-state index contributed by atoms with van der Waals surface area (Å²) in [5.74, 6) is 0.135. The molecule has 4 nitrogen and oxygen atoms in total. The van der Waals surface area contributed by atoms with E-state index in [1.54, 1.807) is 35.7 Å². The molecule has 0 aliphatic rings. The Labute approximate surface area is 193 Å². The third kappa shape index (κ3) is 8.91. The van der Waals surface area contributed by atoms with Crippen LogP contribution in [0.3, 0.4) is 0 Å².